The molecular formula is C40H27N3OSi. The van der Waals surface area contributed by atoms with Gasteiger partial charge >= 0.3 is 0 Å². The van der Waals surface area contributed by atoms with Crippen LogP contribution < -0.4 is 10.4 Å². The van der Waals surface area contributed by atoms with Crippen molar-refractivity contribution in [2.75, 3.05) is 0 Å². The van der Waals surface area contributed by atoms with Crippen molar-refractivity contribution in [2.24, 2.45) is 0 Å². The van der Waals surface area contributed by atoms with Gasteiger partial charge in [-0.25, -0.2) is 9.97 Å². The molecular weight excluding hydrogens is 567 g/mol. The molecule has 45 heavy (non-hydrogen) atoms. The quantitative estimate of drug-likeness (QED) is 0.188. The fourth-order valence-electron chi connectivity index (χ4n) is 7.73. The summed E-state index contributed by atoms with van der Waals surface area (Å²) in [5.74, 6) is 0.667. The van der Waals surface area contributed by atoms with Crippen molar-refractivity contribution in [1.82, 2.24) is 14.5 Å². The zero-order valence-corrected chi connectivity index (χ0v) is 25.9. The Morgan fingerprint density at radius 2 is 1.31 bits per heavy atom. The minimum atomic E-state index is -1.89. The maximum atomic E-state index is 6.56. The summed E-state index contributed by atoms with van der Waals surface area (Å²) in [6, 6.07) is 45.2. The van der Waals surface area contributed by atoms with E-state index in [-0.39, 0.29) is 0 Å². The number of para-hydroxylation sites is 2. The van der Waals surface area contributed by atoms with Gasteiger partial charge in [0, 0.05) is 32.7 Å². The van der Waals surface area contributed by atoms with Gasteiger partial charge in [-0.1, -0.05) is 116 Å². The van der Waals surface area contributed by atoms with Gasteiger partial charge in [-0.2, -0.15) is 0 Å². The first kappa shape index (κ1) is 24.9. The zero-order chi connectivity index (χ0) is 29.9. The van der Waals surface area contributed by atoms with Crippen LogP contribution in [0.1, 0.15) is 0 Å². The fourth-order valence-corrected chi connectivity index (χ4v) is 10.8. The van der Waals surface area contributed by atoms with Crippen LogP contribution in [0, 0.1) is 0 Å². The molecule has 10 rings (SSSR count). The molecule has 1 aliphatic heterocycles. The first-order valence-corrected chi connectivity index (χ1v) is 18.4. The van der Waals surface area contributed by atoms with Crippen LogP contribution in [-0.4, -0.2) is 22.6 Å². The molecule has 212 valence electrons. The molecule has 0 amide bonds. The van der Waals surface area contributed by atoms with Crippen LogP contribution >= 0.6 is 0 Å². The molecule has 5 heteroatoms. The van der Waals surface area contributed by atoms with Gasteiger partial charge in [0.25, 0.3) is 0 Å². The standard InChI is InChI=1S/C40H27N3OSi/c1-45(2)33-19-11-8-16-28(33)36-34(45)23-21-29-37(24-12-4-3-5-13-24)41-40(42-38(29)36)43-30-17-9-6-15-27(30)35-31(43)22-20-26-25-14-7-10-18-32(25)44-39(26)35/h3-23H,1-2H3. The predicted molar refractivity (Wildman–Crippen MR) is 189 cm³/mol. The molecule has 0 saturated carbocycles. The Balaban J connectivity index is 1.37. The highest BCUT2D eigenvalue weighted by Crippen LogP contribution is 2.42. The molecule has 0 saturated heterocycles. The van der Waals surface area contributed by atoms with Crippen molar-refractivity contribution in [1.29, 1.82) is 0 Å². The monoisotopic (exact) mass is 593 g/mol. The highest BCUT2D eigenvalue weighted by atomic mass is 28.3. The Morgan fingerprint density at radius 1 is 0.578 bits per heavy atom. The minimum absolute atomic E-state index is 0.667. The second-order valence-corrected chi connectivity index (χ2v) is 16.9. The summed E-state index contributed by atoms with van der Waals surface area (Å²) < 4.78 is 8.79. The summed E-state index contributed by atoms with van der Waals surface area (Å²) in [5.41, 5.74) is 9.49. The van der Waals surface area contributed by atoms with E-state index in [1.54, 1.807) is 0 Å². The van der Waals surface area contributed by atoms with Crippen molar-refractivity contribution < 1.29 is 4.42 Å². The van der Waals surface area contributed by atoms with Crippen molar-refractivity contribution in [3.8, 4) is 28.3 Å². The molecule has 4 nitrogen and oxygen atoms in total. The Hall–Kier alpha value is -5.52. The lowest BCUT2D eigenvalue weighted by atomic mass is 9.99. The van der Waals surface area contributed by atoms with E-state index in [9.17, 15) is 0 Å². The van der Waals surface area contributed by atoms with Crippen molar-refractivity contribution in [3.63, 3.8) is 0 Å². The Morgan fingerprint density at radius 3 is 2.20 bits per heavy atom. The Bertz CT molecular complexity index is 2680. The summed E-state index contributed by atoms with van der Waals surface area (Å²) in [5, 5.41) is 8.43. The largest absolute Gasteiger partial charge is 0.455 e. The van der Waals surface area contributed by atoms with Crippen LogP contribution in [0.5, 0.6) is 0 Å². The van der Waals surface area contributed by atoms with Gasteiger partial charge in [0.05, 0.1) is 27.6 Å². The Kier molecular flexibility index (Phi) is 4.85. The molecule has 6 aromatic carbocycles. The first-order valence-electron chi connectivity index (χ1n) is 15.4. The summed E-state index contributed by atoms with van der Waals surface area (Å²) >= 11 is 0. The predicted octanol–water partition coefficient (Wildman–Crippen LogP) is 9.10. The Labute approximate surface area is 260 Å². The molecule has 0 bridgehead atoms. The summed E-state index contributed by atoms with van der Waals surface area (Å²) in [7, 11) is -1.89. The van der Waals surface area contributed by atoms with E-state index in [0.717, 1.165) is 65.9 Å². The van der Waals surface area contributed by atoms with Gasteiger partial charge in [-0.05, 0) is 40.2 Å². The van der Waals surface area contributed by atoms with E-state index in [4.69, 9.17) is 14.4 Å². The maximum absolute atomic E-state index is 6.56. The third-order valence-corrected chi connectivity index (χ3v) is 13.4. The lowest BCUT2D eigenvalue weighted by Gasteiger charge is -2.19. The second-order valence-electron chi connectivity index (χ2n) is 12.6. The van der Waals surface area contributed by atoms with E-state index in [1.165, 1.54) is 21.5 Å². The van der Waals surface area contributed by atoms with Crippen LogP contribution in [0.3, 0.4) is 0 Å². The van der Waals surface area contributed by atoms with Gasteiger partial charge in [-0.3, -0.25) is 4.57 Å². The van der Waals surface area contributed by atoms with Crippen LogP contribution in [-0.2, 0) is 0 Å². The first-order chi connectivity index (χ1) is 22.1. The minimum Gasteiger partial charge on any atom is -0.455 e. The molecule has 0 spiro atoms. The van der Waals surface area contributed by atoms with Crippen LogP contribution in [0.2, 0.25) is 13.1 Å². The van der Waals surface area contributed by atoms with Gasteiger partial charge < -0.3 is 4.42 Å². The van der Waals surface area contributed by atoms with Gasteiger partial charge in [0.1, 0.15) is 19.2 Å². The smallest absolute Gasteiger partial charge is 0.235 e. The summed E-state index contributed by atoms with van der Waals surface area (Å²) in [6.07, 6.45) is 0. The van der Waals surface area contributed by atoms with Crippen molar-refractivity contribution in [3.05, 3.63) is 127 Å². The number of furan rings is 1. The maximum Gasteiger partial charge on any atom is 0.235 e. The number of hydrogen-bond acceptors (Lipinski definition) is 3. The summed E-state index contributed by atoms with van der Waals surface area (Å²) in [6.45, 7) is 4.91. The molecule has 1 aliphatic rings. The third kappa shape index (κ3) is 3.25. The van der Waals surface area contributed by atoms with Gasteiger partial charge in [-0.15, -0.1) is 0 Å². The van der Waals surface area contributed by atoms with E-state index in [0.29, 0.717) is 5.95 Å². The average molecular weight is 594 g/mol. The van der Waals surface area contributed by atoms with Crippen molar-refractivity contribution in [2.45, 2.75) is 13.1 Å². The lowest BCUT2D eigenvalue weighted by molar-refractivity contribution is 0.673. The van der Waals surface area contributed by atoms with Crippen LogP contribution in [0.25, 0.3) is 83.0 Å². The normalized spacial score (nSPS) is 13.7. The molecule has 0 fully saturated rings. The van der Waals surface area contributed by atoms with E-state index >= 15 is 0 Å². The molecule has 0 aliphatic carbocycles. The fraction of sp³-hybridized carbons (Fsp3) is 0.0500. The second kappa shape index (κ2) is 8.77. The lowest BCUT2D eigenvalue weighted by Crippen LogP contribution is -2.49. The number of fused-ring (bicyclic) bond motifs is 12. The molecule has 9 aromatic rings. The molecule has 4 heterocycles. The zero-order valence-electron chi connectivity index (χ0n) is 24.9. The number of benzene rings is 6. The topological polar surface area (TPSA) is 43.9 Å². The molecule has 0 radical (unpaired) electrons. The molecule has 0 unspecified atom stereocenters. The number of rotatable bonds is 2. The average Bonchev–Trinajstić information content (AvgIpc) is 3.70. The van der Waals surface area contributed by atoms with Gasteiger partial charge in [0.15, 0.2) is 0 Å². The number of aromatic nitrogens is 3. The van der Waals surface area contributed by atoms with E-state index in [2.05, 4.69) is 133 Å². The molecule has 0 N–H and O–H groups in total. The van der Waals surface area contributed by atoms with Crippen molar-refractivity contribution >= 4 is 73.1 Å². The number of nitrogens with zero attached hydrogens (tertiary/aromatic N) is 3. The van der Waals surface area contributed by atoms with Crippen LogP contribution in [0.15, 0.2) is 132 Å². The molecule has 0 atom stereocenters. The van der Waals surface area contributed by atoms with E-state index in [1.807, 2.05) is 12.1 Å². The van der Waals surface area contributed by atoms with Crippen LogP contribution in [0.4, 0.5) is 0 Å². The SMILES string of the molecule is C[Si]1(C)c2ccccc2-c2c1ccc1c(-c3ccccc3)nc(-n3c4ccccc4c4c5oc6ccccc6c5ccc43)nc21. The van der Waals surface area contributed by atoms with E-state index < -0.39 is 8.07 Å². The van der Waals surface area contributed by atoms with Gasteiger partial charge in [0.2, 0.25) is 5.95 Å². The highest BCUT2D eigenvalue weighted by Gasteiger charge is 2.39. The number of hydrogen-bond donors (Lipinski definition) is 0. The third-order valence-electron chi connectivity index (χ3n) is 9.83. The molecule has 3 aromatic heterocycles. The summed E-state index contributed by atoms with van der Waals surface area (Å²) in [4.78, 5) is 10.9. The highest BCUT2D eigenvalue weighted by molar-refractivity contribution is 7.04.